The van der Waals surface area contributed by atoms with Crippen molar-refractivity contribution in [2.45, 2.75) is 6.42 Å². The van der Waals surface area contributed by atoms with Crippen molar-refractivity contribution in [1.82, 2.24) is 4.90 Å². The summed E-state index contributed by atoms with van der Waals surface area (Å²) in [4.78, 5) is 2.46. The molecule has 2 aliphatic rings. The molecule has 2 nitrogen and oxygen atoms in total. The monoisotopic (exact) mass is 191 g/mol. The van der Waals surface area contributed by atoms with E-state index in [4.69, 9.17) is 4.74 Å². The van der Waals surface area contributed by atoms with Crippen LogP contribution < -0.4 is 0 Å². The van der Waals surface area contributed by atoms with E-state index in [1.54, 1.807) is 10.8 Å². The van der Waals surface area contributed by atoms with Crippen LogP contribution in [0.3, 0.4) is 0 Å². The molecule has 11 heavy (non-hydrogen) atoms. The third-order valence-corrected chi connectivity index (χ3v) is 3.40. The summed E-state index contributed by atoms with van der Waals surface area (Å²) >= 11 is 4.14. The minimum absolute atomic E-state index is 0.545. The standard InChI is InChI=1S/C7H13NOS2/c10-11-6-8-2-1-7(3-8)4-9-5-7/h10H,1-6H2. The second kappa shape index (κ2) is 3.17. The van der Waals surface area contributed by atoms with Crippen LogP contribution in [0.5, 0.6) is 0 Å². The minimum atomic E-state index is 0.545. The maximum atomic E-state index is 5.23. The van der Waals surface area contributed by atoms with Gasteiger partial charge in [0.1, 0.15) is 0 Å². The van der Waals surface area contributed by atoms with Gasteiger partial charge in [-0.25, -0.2) is 0 Å². The molecule has 0 saturated carbocycles. The largest absolute Gasteiger partial charge is 0.380 e. The van der Waals surface area contributed by atoms with Crippen LogP contribution in [0.4, 0.5) is 0 Å². The van der Waals surface area contributed by atoms with Gasteiger partial charge in [0.25, 0.3) is 0 Å². The fourth-order valence-electron chi connectivity index (χ4n) is 1.85. The van der Waals surface area contributed by atoms with Crippen molar-refractivity contribution >= 4 is 22.5 Å². The maximum absolute atomic E-state index is 5.23. The van der Waals surface area contributed by atoms with Crippen molar-refractivity contribution in [2.24, 2.45) is 5.41 Å². The first kappa shape index (κ1) is 8.23. The molecule has 0 aliphatic carbocycles. The summed E-state index contributed by atoms with van der Waals surface area (Å²) in [5.74, 6) is 1.06. The average molecular weight is 191 g/mol. The van der Waals surface area contributed by atoms with Crippen LogP contribution in [0.2, 0.25) is 0 Å². The van der Waals surface area contributed by atoms with Crippen molar-refractivity contribution in [3.05, 3.63) is 0 Å². The Balaban J connectivity index is 1.83. The van der Waals surface area contributed by atoms with E-state index in [1.807, 2.05) is 0 Å². The van der Waals surface area contributed by atoms with Crippen molar-refractivity contribution < 1.29 is 4.74 Å². The number of nitrogens with zero attached hydrogens (tertiary/aromatic N) is 1. The van der Waals surface area contributed by atoms with Gasteiger partial charge < -0.3 is 4.74 Å². The van der Waals surface area contributed by atoms with Crippen LogP contribution >= 0.6 is 22.5 Å². The predicted octanol–water partition coefficient (Wildman–Crippen LogP) is 1.24. The lowest BCUT2D eigenvalue weighted by molar-refractivity contribution is -0.104. The van der Waals surface area contributed by atoms with E-state index in [1.165, 1.54) is 19.5 Å². The Morgan fingerprint density at radius 1 is 1.55 bits per heavy atom. The summed E-state index contributed by atoms with van der Waals surface area (Å²) in [5.41, 5.74) is 0.545. The highest BCUT2D eigenvalue weighted by atomic mass is 33.1. The normalized spacial score (nSPS) is 29.2. The zero-order chi connectivity index (χ0) is 7.73. The molecule has 1 spiro atoms. The van der Waals surface area contributed by atoms with Gasteiger partial charge >= 0.3 is 0 Å². The molecule has 0 atom stereocenters. The van der Waals surface area contributed by atoms with Gasteiger partial charge in [0.2, 0.25) is 0 Å². The fourth-order valence-corrected chi connectivity index (χ4v) is 2.72. The van der Waals surface area contributed by atoms with Gasteiger partial charge in [0.05, 0.1) is 19.1 Å². The summed E-state index contributed by atoms with van der Waals surface area (Å²) in [6.45, 7) is 4.43. The zero-order valence-corrected chi connectivity index (χ0v) is 8.16. The molecule has 0 bridgehead atoms. The van der Waals surface area contributed by atoms with E-state index in [9.17, 15) is 0 Å². The minimum Gasteiger partial charge on any atom is -0.380 e. The number of thiol groups is 1. The zero-order valence-electron chi connectivity index (χ0n) is 6.45. The molecule has 0 aromatic heterocycles. The third-order valence-electron chi connectivity index (χ3n) is 2.57. The Bertz CT molecular complexity index is 149. The summed E-state index contributed by atoms with van der Waals surface area (Å²) in [6.07, 6.45) is 1.32. The third kappa shape index (κ3) is 1.54. The SMILES string of the molecule is SSCN1CCC2(COC2)C1. The topological polar surface area (TPSA) is 12.5 Å². The Morgan fingerprint density at radius 2 is 2.36 bits per heavy atom. The number of likely N-dealkylation sites (tertiary alicyclic amines) is 1. The number of hydrogen-bond donors (Lipinski definition) is 1. The molecule has 2 fully saturated rings. The van der Waals surface area contributed by atoms with Crippen molar-refractivity contribution in [3.8, 4) is 0 Å². The van der Waals surface area contributed by atoms with Gasteiger partial charge in [-0.3, -0.25) is 4.90 Å². The first-order valence-electron chi connectivity index (χ1n) is 3.91. The van der Waals surface area contributed by atoms with Gasteiger partial charge in [-0.05, 0) is 13.0 Å². The molecule has 2 saturated heterocycles. The first-order valence-corrected chi connectivity index (χ1v) is 5.95. The lowest BCUT2D eigenvalue weighted by Gasteiger charge is -2.37. The summed E-state index contributed by atoms with van der Waals surface area (Å²) in [7, 11) is 1.61. The highest BCUT2D eigenvalue weighted by Gasteiger charge is 2.43. The fraction of sp³-hybridized carbons (Fsp3) is 1.00. The predicted molar refractivity (Wildman–Crippen MR) is 50.9 cm³/mol. The summed E-state index contributed by atoms with van der Waals surface area (Å²) in [5, 5.41) is 0. The van der Waals surface area contributed by atoms with E-state index in [0.29, 0.717) is 5.41 Å². The van der Waals surface area contributed by atoms with Gasteiger partial charge in [0, 0.05) is 12.0 Å². The molecule has 2 aliphatic heterocycles. The van der Waals surface area contributed by atoms with Crippen LogP contribution in [-0.2, 0) is 4.74 Å². The van der Waals surface area contributed by atoms with Gasteiger partial charge in [0.15, 0.2) is 0 Å². The second-order valence-corrected chi connectivity index (χ2v) is 4.84. The van der Waals surface area contributed by atoms with Crippen LogP contribution in [0.1, 0.15) is 6.42 Å². The molecule has 0 aromatic rings. The summed E-state index contributed by atoms with van der Waals surface area (Å²) < 4.78 is 5.23. The number of ether oxygens (including phenoxy) is 1. The Hall–Kier alpha value is 0.620. The first-order chi connectivity index (χ1) is 5.35. The highest BCUT2D eigenvalue weighted by Crippen LogP contribution is 2.37. The average Bonchev–Trinajstić information content (AvgIpc) is 2.32. The molecule has 4 heteroatoms. The molecule has 0 aromatic carbocycles. The molecule has 0 amide bonds. The van der Waals surface area contributed by atoms with E-state index < -0.39 is 0 Å². The molecule has 0 unspecified atom stereocenters. The second-order valence-electron chi connectivity index (χ2n) is 3.55. The lowest BCUT2D eigenvalue weighted by Crippen LogP contribution is -2.44. The van der Waals surface area contributed by atoms with E-state index in [2.05, 4.69) is 16.6 Å². The number of rotatable bonds is 2. The molecule has 0 N–H and O–H groups in total. The quantitative estimate of drug-likeness (QED) is 0.521. The van der Waals surface area contributed by atoms with Gasteiger partial charge in [-0.2, -0.15) is 0 Å². The molecule has 2 rings (SSSR count). The van der Waals surface area contributed by atoms with E-state index in [-0.39, 0.29) is 0 Å². The molecular weight excluding hydrogens is 178 g/mol. The highest BCUT2D eigenvalue weighted by molar-refractivity contribution is 8.68. The van der Waals surface area contributed by atoms with Crippen molar-refractivity contribution in [3.63, 3.8) is 0 Å². The van der Waals surface area contributed by atoms with E-state index in [0.717, 1.165) is 19.1 Å². The number of hydrogen-bond acceptors (Lipinski definition) is 4. The van der Waals surface area contributed by atoms with Gasteiger partial charge in [-0.15, -0.1) is 11.7 Å². The van der Waals surface area contributed by atoms with Crippen LogP contribution in [0, 0.1) is 5.41 Å². The Labute approximate surface area is 76.5 Å². The van der Waals surface area contributed by atoms with Crippen LogP contribution in [0.25, 0.3) is 0 Å². The van der Waals surface area contributed by atoms with E-state index >= 15 is 0 Å². The Kier molecular flexibility index (Phi) is 2.37. The van der Waals surface area contributed by atoms with Crippen LogP contribution in [-0.4, -0.2) is 37.1 Å². The van der Waals surface area contributed by atoms with Gasteiger partial charge in [-0.1, -0.05) is 10.8 Å². The lowest BCUT2D eigenvalue weighted by atomic mass is 9.85. The molecule has 64 valence electrons. The summed E-state index contributed by atoms with van der Waals surface area (Å²) in [6, 6.07) is 0. The van der Waals surface area contributed by atoms with Crippen molar-refractivity contribution in [2.75, 3.05) is 32.2 Å². The van der Waals surface area contributed by atoms with Crippen LogP contribution in [0.15, 0.2) is 0 Å². The molecule has 2 heterocycles. The maximum Gasteiger partial charge on any atom is 0.0557 e. The Morgan fingerprint density at radius 3 is 2.82 bits per heavy atom. The molecular formula is C7H13NOS2. The smallest absolute Gasteiger partial charge is 0.0557 e. The van der Waals surface area contributed by atoms with Crippen molar-refractivity contribution in [1.29, 1.82) is 0 Å². The molecule has 0 radical (unpaired) electrons.